The molecule has 1 heterocycles. The van der Waals surface area contributed by atoms with E-state index < -0.39 is 0 Å². The van der Waals surface area contributed by atoms with Crippen molar-refractivity contribution in [2.45, 2.75) is 26.7 Å². The van der Waals surface area contributed by atoms with Gasteiger partial charge in [-0.1, -0.05) is 20.3 Å². The minimum atomic E-state index is 0.637. The highest BCUT2D eigenvalue weighted by atomic mass is 15.7. The van der Waals surface area contributed by atoms with Crippen molar-refractivity contribution in [3.8, 4) is 0 Å². The Morgan fingerprint density at radius 3 is 2.82 bits per heavy atom. The minimum Gasteiger partial charge on any atom is -0.307 e. The molecule has 0 fully saturated rings. The standard InChI is InChI=1S/C8H17N3/c1-4-5-7(2)8-6-9-11(3)10-8/h6-7,9-10H,4-5H2,1-3H3. The molecule has 0 aromatic rings. The number of hydrazine groups is 2. The molecule has 0 aliphatic carbocycles. The van der Waals surface area contributed by atoms with Crippen LogP contribution in [0.15, 0.2) is 11.9 Å². The first-order valence-corrected chi connectivity index (χ1v) is 4.20. The van der Waals surface area contributed by atoms with Crippen molar-refractivity contribution >= 4 is 0 Å². The molecule has 2 N–H and O–H groups in total. The molecule has 0 saturated carbocycles. The summed E-state index contributed by atoms with van der Waals surface area (Å²) in [4.78, 5) is 0. The van der Waals surface area contributed by atoms with Crippen molar-refractivity contribution in [1.82, 2.24) is 16.0 Å². The van der Waals surface area contributed by atoms with Crippen LogP contribution in [-0.2, 0) is 0 Å². The Balaban J connectivity index is 2.36. The van der Waals surface area contributed by atoms with Crippen molar-refractivity contribution in [2.24, 2.45) is 5.92 Å². The fraction of sp³-hybridized carbons (Fsp3) is 0.750. The van der Waals surface area contributed by atoms with Gasteiger partial charge in [0.2, 0.25) is 0 Å². The predicted octanol–water partition coefficient (Wildman–Crippen LogP) is 1.22. The van der Waals surface area contributed by atoms with E-state index in [0.717, 1.165) is 0 Å². The molecule has 0 spiro atoms. The number of nitrogens with zero attached hydrogens (tertiary/aromatic N) is 1. The summed E-state index contributed by atoms with van der Waals surface area (Å²) >= 11 is 0. The van der Waals surface area contributed by atoms with Crippen LogP contribution in [0.2, 0.25) is 0 Å². The predicted molar refractivity (Wildman–Crippen MR) is 46.2 cm³/mol. The quantitative estimate of drug-likeness (QED) is 0.641. The topological polar surface area (TPSA) is 27.3 Å². The Bertz CT molecular complexity index is 153. The van der Waals surface area contributed by atoms with Crippen LogP contribution in [0.25, 0.3) is 0 Å². The monoisotopic (exact) mass is 155 g/mol. The zero-order chi connectivity index (χ0) is 8.27. The average Bonchev–Trinajstić information content (AvgIpc) is 2.36. The summed E-state index contributed by atoms with van der Waals surface area (Å²) in [5.41, 5.74) is 7.58. The summed E-state index contributed by atoms with van der Waals surface area (Å²) < 4.78 is 0. The molecule has 1 atom stereocenters. The molecule has 1 unspecified atom stereocenters. The molecule has 0 aromatic heterocycles. The van der Waals surface area contributed by atoms with Crippen molar-refractivity contribution in [3.05, 3.63) is 11.9 Å². The lowest BCUT2D eigenvalue weighted by Crippen LogP contribution is -2.35. The molecule has 1 rings (SSSR count). The second-order valence-electron chi connectivity index (χ2n) is 3.09. The number of nitrogens with one attached hydrogen (secondary N) is 2. The molecule has 0 radical (unpaired) electrons. The van der Waals surface area contributed by atoms with Crippen LogP contribution in [0.3, 0.4) is 0 Å². The van der Waals surface area contributed by atoms with E-state index in [1.807, 2.05) is 18.4 Å². The van der Waals surface area contributed by atoms with Gasteiger partial charge >= 0.3 is 0 Å². The van der Waals surface area contributed by atoms with Gasteiger partial charge in [0.25, 0.3) is 0 Å². The van der Waals surface area contributed by atoms with E-state index in [2.05, 4.69) is 24.7 Å². The summed E-state index contributed by atoms with van der Waals surface area (Å²) in [6, 6.07) is 0. The number of hydrogen-bond donors (Lipinski definition) is 2. The highest BCUT2D eigenvalue weighted by Gasteiger charge is 2.13. The van der Waals surface area contributed by atoms with E-state index in [-0.39, 0.29) is 0 Å². The molecule has 0 amide bonds. The van der Waals surface area contributed by atoms with E-state index in [0.29, 0.717) is 5.92 Å². The highest BCUT2D eigenvalue weighted by molar-refractivity contribution is 5.04. The molecular weight excluding hydrogens is 138 g/mol. The van der Waals surface area contributed by atoms with Gasteiger partial charge in [0, 0.05) is 18.9 Å². The van der Waals surface area contributed by atoms with Gasteiger partial charge in [-0.05, 0) is 12.3 Å². The minimum absolute atomic E-state index is 0.637. The van der Waals surface area contributed by atoms with Crippen molar-refractivity contribution in [3.63, 3.8) is 0 Å². The van der Waals surface area contributed by atoms with Crippen LogP contribution in [-0.4, -0.2) is 12.2 Å². The van der Waals surface area contributed by atoms with E-state index in [9.17, 15) is 0 Å². The molecule has 0 saturated heterocycles. The molecule has 64 valence electrons. The molecule has 1 aliphatic rings. The normalized spacial score (nSPS) is 20.5. The first-order chi connectivity index (χ1) is 5.24. The first kappa shape index (κ1) is 8.40. The third-order valence-electron chi connectivity index (χ3n) is 1.96. The van der Waals surface area contributed by atoms with Gasteiger partial charge in [-0.25, -0.2) is 0 Å². The smallest absolute Gasteiger partial charge is 0.0481 e. The van der Waals surface area contributed by atoms with Crippen LogP contribution in [0.5, 0.6) is 0 Å². The zero-order valence-electron chi connectivity index (χ0n) is 7.52. The van der Waals surface area contributed by atoms with Crippen LogP contribution in [0.1, 0.15) is 26.7 Å². The number of rotatable bonds is 3. The van der Waals surface area contributed by atoms with Crippen LogP contribution >= 0.6 is 0 Å². The molecule has 3 heteroatoms. The molecule has 0 bridgehead atoms. The summed E-state index contributed by atoms with van der Waals surface area (Å²) in [6.07, 6.45) is 4.51. The van der Waals surface area contributed by atoms with E-state index in [1.54, 1.807) is 0 Å². The molecule has 11 heavy (non-hydrogen) atoms. The van der Waals surface area contributed by atoms with E-state index >= 15 is 0 Å². The van der Waals surface area contributed by atoms with E-state index in [1.165, 1.54) is 18.5 Å². The highest BCUT2D eigenvalue weighted by Crippen LogP contribution is 2.15. The largest absolute Gasteiger partial charge is 0.307 e. The summed E-state index contributed by atoms with van der Waals surface area (Å²) in [5, 5.41) is 1.86. The van der Waals surface area contributed by atoms with Gasteiger partial charge in [0.1, 0.15) is 0 Å². The van der Waals surface area contributed by atoms with Crippen molar-refractivity contribution in [1.29, 1.82) is 0 Å². The maximum Gasteiger partial charge on any atom is 0.0481 e. The van der Waals surface area contributed by atoms with Gasteiger partial charge in [-0.2, -0.15) is 0 Å². The fourth-order valence-electron chi connectivity index (χ4n) is 1.27. The molecular formula is C8H17N3. The van der Waals surface area contributed by atoms with Crippen LogP contribution in [0.4, 0.5) is 0 Å². The Labute approximate surface area is 68.4 Å². The van der Waals surface area contributed by atoms with Gasteiger partial charge in [-0.3, -0.25) is 0 Å². The number of allylic oxidation sites excluding steroid dienone is 1. The third kappa shape index (κ3) is 2.12. The second kappa shape index (κ2) is 3.62. The van der Waals surface area contributed by atoms with Gasteiger partial charge in [0.05, 0.1) is 0 Å². The van der Waals surface area contributed by atoms with Crippen LogP contribution < -0.4 is 10.9 Å². The van der Waals surface area contributed by atoms with Crippen molar-refractivity contribution in [2.75, 3.05) is 7.05 Å². The van der Waals surface area contributed by atoms with E-state index in [4.69, 9.17) is 0 Å². The lowest BCUT2D eigenvalue weighted by atomic mass is 10.0. The number of hydrogen-bond acceptors (Lipinski definition) is 3. The third-order valence-corrected chi connectivity index (χ3v) is 1.96. The Morgan fingerprint density at radius 2 is 2.36 bits per heavy atom. The van der Waals surface area contributed by atoms with Crippen molar-refractivity contribution < 1.29 is 0 Å². The molecule has 1 aliphatic heterocycles. The Kier molecular flexibility index (Phi) is 2.76. The zero-order valence-corrected chi connectivity index (χ0v) is 7.52. The Hall–Kier alpha value is -0.700. The lowest BCUT2D eigenvalue weighted by Gasteiger charge is -2.15. The molecule has 0 aromatic carbocycles. The summed E-state index contributed by atoms with van der Waals surface area (Å²) in [5.74, 6) is 0.637. The summed E-state index contributed by atoms with van der Waals surface area (Å²) in [6.45, 7) is 4.45. The van der Waals surface area contributed by atoms with Gasteiger partial charge in [-0.15, -0.1) is 5.12 Å². The molecule has 3 nitrogen and oxygen atoms in total. The lowest BCUT2D eigenvalue weighted by molar-refractivity contribution is 0.233. The first-order valence-electron chi connectivity index (χ1n) is 4.20. The van der Waals surface area contributed by atoms with Crippen LogP contribution in [0, 0.1) is 5.92 Å². The Morgan fingerprint density at radius 1 is 1.64 bits per heavy atom. The fourth-order valence-corrected chi connectivity index (χ4v) is 1.27. The summed E-state index contributed by atoms with van der Waals surface area (Å²) in [7, 11) is 1.96. The van der Waals surface area contributed by atoms with Gasteiger partial charge < -0.3 is 10.9 Å². The maximum absolute atomic E-state index is 3.22. The SMILES string of the molecule is CCCC(C)C1=CNN(C)N1. The van der Waals surface area contributed by atoms with Gasteiger partial charge in [0.15, 0.2) is 0 Å². The maximum atomic E-state index is 3.22. The second-order valence-corrected chi connectivity index (χ2v) is 3.09. The average molecular weight is 155 g/mol.